The third-order valence-electron chi connectivity index (χ3n) is 4.61. The first-order chi connectivity index (χ1) is 14.0. The zero-order valence-electron chi connectivity index (χ0n) is 18.1. The predicted molar refractivity (Wildman–Crippen MR) is 136 cm³/mol. The topological polar surface area (TPSA) is 67.1 Å². The first kappa shape index (κ1) is 24.2. The normalized spacial score (nSPS) is 11.2. The lowest BCUT2D eigenvalue weighted by Crippen LogP contribution is -2.36. The molecule has 0 saturated heterocycles. The van der Waals surface area contributed by atoms with Gasteiger partial charge in [-0.25, -0.2) is 9.67 Å². The molecule has 0 aliphatic rings. The number of thioether (sulfide) groups is 1. The largest absolute Gasteiger partial charge is 0.352 e. The number of aliphatic imine (C=N–C) groups is 1. The Bertz CT molecular complexity index is 997. The van der Waals surface area contributed by atoms with Gasteiger partial charge in [-0.3, -0.25) is 4.99 Å². The number of rotatable bonds is 6. The number of nitrogens with zero attached hydrogens (tertiary/aromatic N) is 4. The first-order valence-corrected chi connectivity index (χ1v) is 10.8. The highest BCUT2D eigenvalue weighted by atomic mass is 127. The molecule has 160 valence electrons. The van der Waals surface area contributed by atoms with Crippen molar-refractivity contribution in [2.45, 2.75) is 38.8 Å². The fourth-order valence-corrected chi connectivity index (χ4v) is 3.80. The quantitative estimate of drug-likeness (QED) is 0.212. The molecule has 30 heavy (non-hydrogen) atoms. The summed E-state index contributed by atoms with van der Waals surface area (Å²) in [7, 11) is 1.78. The third-order valence-corrected chi connectivity index (χ3v) is 5.43. The second-order valence-corrected chi connectivity index (χ2v) is 7.81. The zero-order chi connectivity index (χ0) is 20.8. The van der Waals surface area contributed by atoms with Crippen LogP contribution < -0.4 is 10.6 Å². The van der Waals surface area contributed by atoms with E-state index in [0.29, 0.717) is 6.54 Å². The van der Waals surface area contributed by atoms with Gasteiger partial charge in [-0.05, 0) is 61.9 Å². The van der Waals surface area contributed by atoms with Crippen LogP contribution in [0.2, 0.25) is 0 Å². The van der Waals surface area contributed by atoms with Crippen molar-refractivity contribution in [2.75, 3.05) is 13.3 Å². The van der Waals surface area contributed by atoms with Crippen LogP contribution in [-0.4, -0.2) is 34.0 Å². The van der Waals surface area contributed by atoms with Gasteiger partial charge in [0.25, 0.3) is 0 Å². The monoisotopic (exact) mass is 536 g/mol. The van der Waals surface area contributed by atoms with Gasteiger partial charge in [0.05, 0.1) is 5.69 Å². The smallest absolute Gasteiger partial charge is 0.191 e. The molecule has 1 aromatic carbocycles. The number of halogens is 1. The SMILES string of the molecule is CN=C(NCc1ccc(-n2nc(C)cc2C)nc1)NCc1ccc(C)cc1SC.I. The highest BCUT2D eigenvalue weighted by Gasteiger charge is 2.06. The highest BCUT2D eigenvalue weighted by Crippen LogP contribution is 2.21. The van der Waals surface area contributed by atoms with E-state index in [-0.39, 0.29) is 24.0 Å². The summed E-state index contributed by atoms with van der Waals surface area (Å²) < 4.78 is 1.86. The maximum Gasteiger partial charge on any atom is 0.191 e. The molecule has 2 heterocycles. The summed E-state index contributed by atoms with van der Waals surface area (Å²) in [5.74, 6) is 1.59. The Labute approximate surface area is 200 Å². The van der Waals surface area contributed by atoms with Crippen molar-refractivity contribution >= 4 is 41.7 Å². The van der Waals surface area contributed by atoms with E-state index in [1.54, 1.807) is 18.8 Å². The Kier molecular flexibility index (Phi) is 9.16. The number of benzene rings is 1. The number of hydrogen-bond donors (Lipinski definition) is 2. The molecule has 6 nitrogen and oxygen atoms in total. The fraction of sp³-hybridized carbons (Fsp3) is 0.318. The summed E-state index contributed by atoms with van der Waals surface area (Å²) in [6.07, 6.45) is 3.98. The minimum Gasteiger partial charge on any atom is -0.352 e. The molecule has 0 aliphatic carbocycles. The van der Waals surface area contributed by atoms with E-state index in [9.17, 15) is 0 Å². The molecule has 0 amide bonds. The molecule has 2 aromatic heterocycles. The van der Waals surface area contributed by atoms with Crippen molar-refractivity contribution in [3.63, 3.8) is 0 Å². The van der Waals surface area contributed by atoms with Crippen molar-refractivity contribution in [1.29, 1.82) is 0 Å². The molecule has 3 rings (SSSR count). The fourth-order valence-electron chi connectivity index (χ4n) is 3.09. The Morgan fingerprint density at radius 3 is 2.43 bits per heavy atom. The van der Waals surface area contributed by atoms with Gasteiger partial charge < -0.3 is 10.6 Å². The molecule has 0 unspecified atom stereocenters. The summed E-state index contributed by atoms with van der Waals surface area (Å²) in [5.41, 5.74) is 5.69. The molecule has 0 atom stereocenters. The van der Waals surface area contributed by atoms with Gasteiger partial charge in [-0.1, -0.05) is 18.2 Å². The summed E-state index contributed by atoms with van der Waals surface area (Å²) in [6.45, 7) is 7.51. The van der Waals surface area contributed by atoms with Crippen LogP contribution in [0.15, 0.2) is 52.5 Å². The molecule has 0 aliphatic heterocycles. The summed E-state index contributed by atoms with van der Waals surface area (Å²) >= 11 is 1.77. The molecule has 0 fully saturated rings. The molecular weight excluding hydrogens is 507 g/mol. The van der Waals surface area contributed by atoms with E-state index in [4.69, 9.17) is 0 Å². The van der Waals surface area contributed by atoms with Crippen LogP contribution in [0, 0.1) is 20.8 Å². The second-order valence-electron chi connectivity index (χ2n) is 6.96. The number of aryl methyl sites for hydroxylation is 3. The summed E-state index contributed by atoms with van der Waals surface area (Å²) in [4.78, 5) is 10.2. The number of aromatic nitrogens is 3. The lowest BCUT2D eigenvalue weighted by atomic mass is 10.1. The van der Waals surface area contributed by atoms with Crippen LogP contribution in [-0.2, 0) is 13.1 Å². The zero-order valence-corrected chi connectivity index (χ0v) is 21.2. The van der Waals surface area contributed by atoms with Gasteiger partial charge in [-0.2, -0.15) is 5.10 Å². The van der Waals surface area contributed by atoms with Crippen LogP contribution in [0.3, 0.4) is 0 Å². The summed E-state index contributed by atoms with van der Waals surface area (Å²) in [6, 6.07) is 12.6. The second kappa shape index (κ2) is 11.4. The maximum atomic E-state index is 4.55. The number of guanidine groups is 1. The van der Waals surface area contributed by atoms with Crippen LogP contribution in [0.4, 0.5) is 0 Å². The molecular formula is C22H29IN6S. The summed E-state index contributed by atoms with van der Waals surface area (Å²) in [5, 5.41) is 11.2. The predicted octanol–water partition coefficient (Wildman–Crippen LogP) is 4.40. The average Bonchev–Trinajstić information content (AvgIpc) is 3.07. The Balaban J connectivity index is 0.00000320. The van der Waals surface area contributed by atoms with Gasteiger partial charge in [-0.15, -0.1) is 35.7 Å². The van der Waals surface area contributed by atoms with E-state index < -0.39 is 0 Å². The maximum absolute atomic E-state index is 4.55. The van der Waals surface area contributed by atoms with Crippen molar-refractivity contribution in [1.82, 2.24) is 25.4 Å². The first-order valence-electron chi connectivity index (χ1n) is 9.56. The van der Waals surface area contributed by atoms with Gasteiger partial charge in [0.2, 0.25) is 0 Å². The van der Waals surface area contributed by atoms with E-state index in [1.807, 2.05) is 36.9 Å². The molecule has 3 aromatic rings. The molecule has 0 saturated carbocycles. The minimum atomic E-state index is 0. The van der Waals surface area contributed by atoms with Crippen LogP contribution in [0.1, 0.15) is 28.1 Å². The van der Waals surface area contributed by atoms with Gasteiger partial charge in [0.1, 0.15) is 0 Å². The lowest BCUT2D eigenvalue weighted by Gasteiger charge is -2.14. The van der Waals surface area contributed by atoms with Gasteiger partial charge in [0.15, 0.2) is 11.8 Å². The molecule has 2 N–H and O–H groups in total. The Morgan fingerprint density at radius 2 is 1.83 bits per heavy atom. The van der Waals surface area contributed by atoms with Gasteiger partial charge in [0, 0.05) is 36.9 Å². The van der Waals surface area contributed by atoms with E-state index in [0.717, 1.165) is 35.3 Å². The standard InChI is InChI=1S/C22H28N6S.HI/c1-15-6-8-19(20(10-15)29-5)14-26-22(23-4)25-13-18-7-9-21(24-12-18)28-17(3)11-16(2)27-28;/h6-12H,13-14H2,1-5H3,(H2,23,25,26);1H. The van der Waals surface area contributed by atoms with E-state index >= 15 is 0 Å². The van der Waals surface area contributed by atoms with Crippen molar-refractivity contribution in [3.05, 3.63) is 70.7 Å². The molecule has 0 bridgehead atoms. The van der Waals surface area contributed by atoms with Crippen LogP contribution >= 0.6 is 35.7 Å². The molecule has 0 spiro atoms. The average molecular weight is 536 g/mol. The Morgan fingerprint density at radius 1 is 1.07 bits per heavy atom. The van der Waals surface area contributed by atoms with Gasteiger partial charge >= 0.3 is 0 Å². The number of hydrogen-bond acceptors (Lipinski definition) is 4. The third kappa shape index (κ3) is 6.21. The number of nitrogens with one attached hydrogen (secondary N) is 2. The van der Waals surface area contributed by atoms with E-state index in [1.165, 1.54) is 16.0 Å². The number of pyridine rings is 1. The Hall–Kier alpha value is -2.07. The van der Waals surface area contributed by atoms with Crippen LogP contribution in [0.25, 0.3) is 5.82 Å². The lowest BCUT2D eigenvalue weighted by molar-refractivity contribution is 0.787. The molecule has 0 radical (unpaired) electrons. The highest BCUT2D eigenvalue weighted by molar-refractivity contribution is 14.0. The van der Waals surface area contributed by atoms with E-state index in [2.05, 4.69) is 63.2 Å². The van der Waals surface area contributed by atoms with Crippen LogP contribution in [0.5, 0.6) is 0 Å². The van der Waals surface area contributed by atoms with Crippen molar-refractivity contribution in [3.8, 4) is 5.82 Å². The minimum absolute atomic E-state index is 0. The van der Waals surface area contributed by atoms with Crippen molar-refractivity contribution in [2.24, 2.45) is 4.99 Å². The molecule has 8 heteroatoms. The van der Waals surface area contributed by atoms with Crippen molar-refractivity contribution < 1.29 is 0 Å².